The molecule has 1 heterocycles. The van der Waals surface area contributed by atoms with E-state index in [1.807, 2.05) is 38.1 Å². The molecule has 1 atom stereocenters. The first kappa shape index (κ1) is 17.7. The first-order chi connectivity index (χ1) is 12.3. The highest BCUT2D eigenvalue weighted by Crippen LogP contribution is 2.39. The summed E-state index contributed by atoms with van der Waals surface area (Å²) < 4.78 is 5.97. The Morgan fingerprint density at radius 2 is 1.92 bits per heavy atom. The lowest BCUT2D eigenvalue weighted by molar-refractivity contribution is -0.384. The summed E-state index contributed by atoms with van der Waals surface area (Å²) in [6.45, 7) is 3.99. The third kappa shape index (κ3) is 4.08. The minimum atomic E-state index is -0.454. The van der Waals surface area contributed by atoms with E-state index in [2.05, 4.69) is 5.32 Å². The summed E-state index contributed by atoms with van der Waals surface area (Å²) in [6.07, 6.45) is 3.74. The highest BCUT2D eigenvalue weighted by Gasteiger charge is 2.33. The molecule has 2 aromatic rings. The van der Waals surface area contributed by atoms with E-state index >= 15 is 0 Å². The van der Waals surface area contributed by atoms with Gasteiger partial charge in [0.1, 0.15) is 11.4 Å². The lowest BCUT2D eigenvalue weighted by Gasteiger charge is -2.37. The zero-order valence-corrected chi connectivity index (χ0v) is 14.6. The van der Waals surface area contributed by atoms with E-state index in [-0.39, 0.29) is 23.2 Å². The van der Waals surface area contributed by atoms with Gasteiger partial charge in [-0.2, -0.15) is 0 Å². The average molecular weight is 352 g/mol. The normalized spacial score (nSPS) is 18.0. The Bertz CT molecular complexity index is 856. The van der Waals surface area contributed by atoms with Crippen LogP contribution in [0.25, 0.3) is 6.08 Å². The van der Waals surface area contributed by atoms with E-state index in [9.17, 15) is 14.9 Å². The van der Waals surface area contributed by atoms with E-state index in [1.54, 1.807) is 18.2 Å². The molecule has 0 spiro atoms. The molecule has 0 saturated carbocycles. The molecule has 134 valence electrons. The van der Waals surface area contributed by atoms with Gasteiger partial charge in [0.2, 0.25) is 5.91 Å². The number of nitro groups is 1. The maximum Gasteiger partial charge on any atom is 0.269 e. The molecule has 0 aromatic heterocycles. The summed E-state index contributed by atoms with van der Waals surface area (Å²) in [4.78, 5) is 22.5. The number of hydrogen-bond acceptors (Lipinski definition) is 4. The molecule has 6 heteroatoms. The number of nitrogens with zero attached hydrogens (tertiary/aromatic N) is 1. The van der Waals surface area contributed by atoms with E-state index in [0.717, 1.165) is 16.9 Å². The molecular weight excluding hydrogens is 332 g/mol. The third-order valence-corrected chi connectivity index (χ3v) is 4.22. The highest BCUT2D eigenvalue weighted by atomic mass is 16.6. The molecule has 1 N–H and O–H groups in total. The lowest BCUT2D eigenvalue weighted by atomic mass is 9.89. The second kappa shape index (κ2) is 7.00. The van der Waals surface area contributed by atoms with Crippen LogP contribution in [-0.2, 0) is 4.79 Å². The Morgan fingerprint density at radius 3 is 2.62 bits per heavy atom. The Labute approximate surface area is 151 Å². The fourth-order valence-electron chi connectivity index (χ4n) is 3.03. The van der Waals surface area contributed by atoms with Crippen molar-refractivity contribution in [3.05, 3.63) is 75.8 Å². The molecule has 6 nitrogen and oxygen atoms in total. The summed E-state index contributed by atoms with van der Waals surface area (Å²) in [6, 6.07) is 13.6. The molecule has 26 heavy (non-hydrogen) atoms. The van der Waals surface area contributed by atoms with Gasteiger partial charge in [-0.15, -0.1) is 0 Å². The molecule has 1 aliphatic heterocycles. The van der Waals surface area contributed by atoms with Crippen molar-refractivity contribution in [3.63, 3.8) is 0 Å². The Morgan fingerprint density at radius 1 is 1.23 bits per heavy atom. The average Bonchev–Trinajstić information content (AvgIpc) is 2.59. The molecule has 3 rings (SSSR count). The number of para-hydroxylation sites is 1. The van der Waals surface area contributed by atoms with E-state index in [0.29, 0.717) is 6.42 Å². The topological polar surface area (TPSA) is 81.5 Å². The van der Waals surface area contributed by atoms with Crippen LogP contribution in [0.2, 0.25) is 0 Å². The van der Waals surface area contributed by atoms with Crippen LogP contribution in [0.1, 0.15) is 37.4 Å². The van der Waals surface area contributed by atoms with Crippen LogP contribution in [-0.4, -0.2) is 16.4 Å². The molecular formula is C20H20N2O4. The van der Waals surface area contributed by atoms with Crippen molar-refractivity contribution in [2.45, 2.75) is 31.9 Å². The van der Waals surface area contributed by atoms with Crippen LogP contribution in [0, 0.1) is 10.1 Å². The zero-order valence-electron chi connectivity index (χ0n) is 14.6. The number of rotatable bonds is 4. The number of nitro benzene ring substituents is 1. The largest absolute Gasteiger partial charge is 0.487 e. The van der Waals surface area contributed by atoms with Crippen LogP contribution < -0.4 is 10.1 Å². The van der Waals surface area contributed by atoms with Crippen LogP contribution in [0.3, 0.4) is 0 Å². The molecule has 0 bridgehead atoms. The number of ether oxygens (including phenoxy) is 1. The van der Waals surface area contributed by atoms with Gasteiger partial charge in [0.15, 0.2) is 0 Å². The van der Waals surface area contributed by atoms with Crippen LogP contribution in [0.15, 0.2) is 54.6 Å². The molecule has 0 fully saturated rings. The molecule has 2 aromatic carbocycles. The number of hydrogen-bond donors (Lipinski definition) is 1. The van der Waals surface area contributed by atoms with Crippen molar-refractivity contribution in [1.82, 2.24) is 5.32 Å². The summed E-state index contributed by atoms with van der Waals surface area (Å²) >= 11 is 0. The maximum absolute atomic E-state index is 12.3. The molecule has 0 unspecified atom stereocenters. The lowest BCUT2D eigenvalue weighted by Crippen LogP contribution is -2.40. The van der Waals surface area contributed by atoms with E-state index in [4.69, 9.17) is 4.74 Å². The summed E-state index contributed by atoms with van der Waals surface area (Å²) in [5, 5.41) is 13.7. The van der Waals surface area contributed by atoms with Crippen molar-refractivity contribution in [2.75, 3.05) is 0 Å². The molecule has 1 aliphatic rings. The van der Waals surface area contributed by atoms with Crippen molar-refractivity contribution in [2.24, 2.45) is 0 Å². The summed E-state index contributed by atoms with van der Waals surface area (Å²) in [7, 11) is 0. The smallest absolute Gasteiger partial charge is 0.269 e. The maximum atomic E-state index is 12.3. The van der Waals surface area contributed by atoms with Crippen molar-refractivity contribution >= 4 is 17.7 Å². The van der Waals surface area contributed by atoms with Gasteiger partial charge in [0.05, 0.1) is 11.0 Å². The third-order valence-electron chi connectivity index (χ3n) is 4.22. The first-order valence-electron chi connectivity index (χ1n) is 8.35. The van der Waals surface area contributed by atoms with Crippen LogP contribution >= 0.6 is 0 Å². The minimum absolute atomic E-state index is 0.0210. The molecule has 1 amide bonds. The number of nitrogens with one attached hydrogen (secondary N) is 1. The van der Waals surface area contributed by atoms with Gasteiger partial charge in [-0.25, -0.2) is 0 Å². The summed E-state index contributed by atoms with van der Waals surface area (Å²) in [5.41, 5.74) is 1.34. The number of fused-ring (bicyclic) bond motifs is 1. The predicted molar refractivity (Wildman–Crippen MR) is 98.8 cm³/mol. The van der Waals surface area contributed by atoms with Gasteiger partial charge in [-0.05, 0) is 43.7 Å². The van der Waals surface area contributed by atoms with E-state index in [1.165, 1.54) is 18.2 Å². The van der Waals surface area contributed by atoms with Gasteiger partial charge in [0.25, 0.3) is 5.69 Å². The number of carbonyl (C=O) groups excluding carboxylic acids is 1. The molecule has 0 radical (unpaired) electrons. The van der Waals surface area contributed by atoms with Gasteiger partial charge >= 0.3 is 0 Å². The molecule has 0 aliphatic carbocycles. The fourth-order valence-corrected chi connectivity index (χ4v) is 3.03. The number of amides is 1. The second-order valence-corrected chi connectivity index (χ2v) is 6.85. The van der Waals surface area contributed by atoms with Crippen LogP contribution in [0.5, 0.6) is 5.75 Å². The van der Waals surface area contributed by atoms with Gasteiger partial charge in [-0.3, -0.25) is 14.9 Å². The SMILES string of the molecule is CC1(C)C[C@H](NC(=O)/C=C/c2ccc([N+](=O)[O-])cc2)c2ccccc2O1. The minimum Gasteiger partial charge on any atom is -0.487 e. The highest BCUT2D eigenvalue weighted by molar-refractivity contribution is 5.92. The quantitative estimate of drug-likeness (QED) is 0.512. The standard InChI is InChI=1S/C20H20N2O4/c1-20(2)13-17(16-5-3-4-6-18(16)26-20)21-19(23)12-9-14-7-10-15(11-8-14)22(24)25/h3-12,17H,13H2,1-2H3,(H,21,23)/b12-9+/t17-/m0/s1. The van der Waals surface area contributed by atoms with E-state index < -0.39 is 4.92 Å². The summed E-state index contributed by atoms with van der Waals surface area (Å²) in [5.74, 6) is 0.564. The molecule has 0 saturated heterocycles. The first-order valence-corrected chi connectivity index (χ1v) is 8.35. The van der Waals surface area contributed by atoms with Crippen molar-refractivity contribution in [3.8, 4) is 5.75 Å². The second-order valence-electron chi connectivity index (χ2n) is 6.85. The van der Waals surface area contributed by atoms with Crippen molar-refractivity contribution < 1.29 is 14.5 Å². The Balaban J connectivity index is 1.70. The van der Waals surface area contributed by atoms with Crippen LogP contribution in [0.4, 0.5) is 5.69 Å². The van der Waals surface area contributed by atoms with Gasteiger partial charge in [0, 0.05) is 30.2 Å². The predicted octanol–water partition coefficient (Wildman–Crippen LogP) is 4.03. The number of benzene rings is 2. The Kier molecular flexibility index (Phi) is 4.75. The monoisotopic (exact) mass is 352 g/mol. The fraction of sp³-hybridized carbons (Fsp3) is 0.250. The van der Waals surface area contributed by atoms with Crippen molar-refractivity contribution in [1.29, 1.82) is 0 Å². The number of non-ortho nitro benzene ring substituents is 1. The Hall–Kier alpha value is -3.15. The van der Waals surface area contributed by atoms with Gasteiger partial charge in [-0.1, -0.05) is 18.2 Å². The number of carbonyl (C=O) groups is 1. The van der Waals surface area contributed by atoms with Gasteiger partial charge < -0.3 is 10.1 Å². The zero-order chi connectivity index (χ0) is 18.7.